The van der Waals surface area contributed by atoms with Gasteiger partial charge >= 0.3 is 0 Å². The third-order valence-corrected chi connectivity index (χ3v) is 4.73. The maximum absolute atomic E-state index is 13.0. The number of fused-ring (bicyclic) bond motifs is 1. The number of benzene rings is 1. The minimum Gasteiger partial charge on any atom is -0.494 e. The number of hydrogen-bond acceptors (Lipinski definition) is 5. The van der Waals surface area contributed by atoms with Crippen molar-refractivity contribution in [1.29, 1.82) is 0 Å². The van der Waals surface area contributed by atoms with Crippen LogP contribution >= 0.6 is 0 Å². The molecule has 134 valence electrons. The van der Waals surface area contributed by atoms with Gasteiger partial charge in [0.05, 0.1) is 7.11 Å². The van der Waals surface area contributed by atoms with E-state index in [2.05, 4.69) is 19.9 Å². The van der Waals surface area contributed by atoms with E-state index in [1.165, 1.54) is 0 Å². The first-order chi connectivity index (χ1) is 12.7. The standard InChI is InChI=1S/C19H21N5O2/c1-13-20-8-7-16(21-13)23-9-11-24(12-10-23)19(25)17-18(26-2)14-5-3-4-6-15(14)22-17/h3-8,22H,9-12H2,1-2H3. The first kappa shape index (κ1) is 16.4. The molecule has 0 saturated carbocycles. The van der Waals surface area contributed by atoms with Crippen molar-refractivity contribution < 1.29 is 9.53 Å². The highest BCUT2D eigenvalue weighted by Crippen LogP contribution is 2.30. The quantitative estimate of drug-likeness (QED) is 0.783. The summed E-state index contributed by atoms with van der Waals surface area (Å²) < 4.78 is 5.51. The molecule has 26 heavy (non-hydrogen) atoms. The van der Waals surface area contributed by atoms with Crippen LogP contribution in [0.15, 0.2) is 36.5 Å². The van der Waals surface area contributed by atoms with E-state index >= 15 is 0 Å². The second-order valence-corrected chi connectivity index (χ2v) is 6.32. The zero-order valence-corrected chi connectivity index (χ0v) is 14.9. The molecule has 0 bridgehead atoms. The minimum absolute atomic E-state index is 0.0310. The number of carbonyl (C=O) groups is 1. The lowest BCUT2D eigenvalue weighted by Gasteiger charge is -2.35. The SMILES string of the molecule is COc1c(C(=O)N2CCN(c3ccnc(C)n3)CC2)[nH]c2ccccc12. The molecule has 0 spiro atoms. The monoisotopic (exact) mass is 351 g/mol. The van der Waals surface area contributed by atoms with Crippen molar-refractivity contribution in [2.45, 2.75) is 6.92 Å². The molecule has 3 heterocycles. The first-order valence-corrected chi connectivity index (χ1v) is 8.66. The lowest BCUT2D eigenvalue weighted by atomic mass is 10.2. The molecule has 7 heteroatoms. The summed E-state index contributed by atoms with van der Waals surface area (Å²) in [5.74, 6) is 2.24. The maximum Gasteiger partial charge on any atom is 0.274 e. The average Bonchev–Trinajstić information content (AvgIpc) is 3.06. The second-order valence-electron chi connectivity index (χ2n) is 6.32. The van der Waals surface area contributed by atoms with Gasteiger partial charge in [-0.05, 0) is 25.1 Å². The molecule has 1 N–H and O–H groups in total. The Morgan fingerprint density at radius 2 is 1.92 bits per heavy atom. The molecule has 7 nitrogen and oxygen atoms in total. The lowest BCUT2D eigenvalue weighted by molar-refractivity contribution is 0.0738. The van der Waals surface area contributed by atoms with Crippen LogP contribution in [0.4, 0.5) is 5.82 Å². The first-order valence-electron chi connectivity index (χ1n) is 8.66. The maximum atomic E-state index is 13.0. The van der Waals surface area contributed by atoms with Crippen LogP contribution in [-0.2, 0) is 0 Å². The van der Waals surface area contributed by atoms with E-state index in [0.29, 0.717) is 24.5 Å². The predicted molar refractivity (Wildman–Crippen MR) is 99.7 cm³/mol. The number of piperazine rings is 1. The number of anilines is 1. The molecule has 1 aromatic carbocycles. The van der Waals surface area contributed by atoms with Crippen molar-refractivity contribution in [1.82, 2.24) is 19.9 Å². The number of hydrogen-bond donors (Lipinski definition) is 1. The fourth-order valence-corrected chi connectivity index (χ4v) is 3.40. The van der Waals surface area contributed by atoms with Crippen LogP contribution in [0, 0.1) is 6.92 Å². The Hall–Kier alpha value is -3.09. The molecular formula is C19H21N5O2. The lowest BCUT2D eigenvalue weighted by Crippen LogP contribution is -2.49. The van der Waals surface area contributed by atoms with Gasteiger partial charge in [-0.3, -0.25) is 4.79 Å². The zero-order valence-electron chi connectivity index (χ0n) is 14.9. The molecule has 0 unspecified atom stereocenters. The fraction of sp³-hybridized carbons (Fsp3) is 0.316. The number of carbonyl (C=O) groups excluding carboxylic acids is 1. The van der Waals surface area contributed by atoms with Gasteiger partial charge in [0.15, 0.2) is 5.75 Å². The number of nitrogens with one attached hydrogen (secondary N) is 1. The Bertz CT molecular complexity index is 944. The number of aromatic amines is 1. The normalized spacial score (nSPS) is 14.7. The number of rotatable bonds is 3. The summed E-state index contributed by atoms with van der Waals surface area (Å²) in [5, 5.41) is 0.924. The van der Waals surface area contributed by atoms with Crippen LogP contribution in [-0.4, -0.2) is 59.0 Å². The Morgan fingerprint density at radius 1 is 1.15 bits per heavy atom. The van der Waals surface area contributed by atoms with Crippen LogP contribution in [0.1, 0.15) is 16.3 Å². The summed E-state index contributed by atoms with van der Waals surface area (Å²) in [4.78, 5) is 28.9. The van der Waals surface area contributed by atoms with E-state index in [0.717, 1.165) is 35.6 Å². The van der Waals surface area contributed by atoms with Gasteiger partial charge in [-0.25, -0.2) is 9.97 Å². The number of methoxy groups -OCH3 is 1. The fourth-order valence-electron chi connectivity index (χ4n) is 3.40. The van der Waals surface area contributed by atoms with Crippen molar-refractivity contribution in [3.8, 4) is 5.75 Å². The molecule has 1 saturated heterocycles. The molecule has 4 rings (SSSR count). The zero-order chi connectivity index (χ0) is 18.1. The van der Waals surface area contributed by atoms with E-state index in [4.69, 9.17) is 4.74 Å². The summed E-state index contributed by atoms with van der Waals surface area (Å²) >= 11 is 0. The van der Waals surface area contributed by atoms with Gasteiger partial charge in [-0.15, -0.1) is 0 Å². The highest BCUT2D eigenvalue weighted by molar-refractivity contribution is 6.03. The average molecular weight is 351 g/mol. The molecule has 0 atom stereocenters. The number of para-hydroxylation sites is 1. The van der Waals surface area contributed by atoms with Crippen molar-refractivity contribution in [3.05, 3.63) is 48.0 Å². The molecule has 0 radical (unpaired) electrons. The van der Waals surface area contributed by atoms with E-state index in [9.17, 15) is 4.79 Å². The van der Waals surface area contributed by atoms with Crippen molar-refractivity contribution in [3.63, 3.8) is 0 Å². The second kappa shape index (κ2) is 6.67. The molecule has 1 amide bonds. The van der Waals surface area contributed by atoms with Crippen LogP contribution in [0.2, 0.25) is 0 Å². The number of amides is 1. The van der Waals surface area contributed by atoms with Crippen molar-refractivity contribution in [2.24, 2.45) is 0 Å². The van der Waals surface area contributed by atoms with E-state index < -0.39 is 0 Å². The van der Waals surface area contributed by atoms with Gasteiger partial charge in [-0.2, -0.15) is 0 Å². The van der Waals surface area contributed by atoms with Gasteiger partial charge in [0.25, 0.3) is 5.91 Å². The van der Waals surface area contributed by atoms with Crippen LogP contribution < -0.4 is 9.64 Å². The van der Waals surface area contributed by atoms with Crippen LogP contribution in [0.5, 0.6) is 5.75 Å². The topological polar surface area (TPSA) is 74.3 Å². The van der Waals surface area contributed by atoms with Crippen LogP contribution in [0.25, 0.3) is 10.9 Å². The van der Waals surface area contributed by atoms with Gasteiger partial charge in [-0.1, -0.05) is 12.1 Å². The van der Waals surface area contributed by atoms with Gasteiger partial charge in [0.1, 0.15) is 17.3 Å². The van der Waals surface area contributed by atoms with E-state index in [1.54, 1.807) is 13.3 Å². The molecule has 3 aromatic rings. The Labute approximate surface area is 151 Å². The third kappa shape index (κ3) is 2.85. The Morgan fingerprint density at radius 3 is 2.65 bits per heavy atom. The van der Waals surface area contributed by atoms with Gasteiger partial charge in [0.2, 0.25) is 0 Å². The summed E-state index contributed by atoms with van der Waals surface area (Å²) in [6.07, 6.45) is 1.77. The minimum atomic E-state index is -0.0310. The van der Waals surface area contributed by atoms with Crippen LogP contribution in [0.3, 0.4) is 0 Å². The molecule has 1 fully saturated rings. The van der Waals surface area contributed by atoms with Crippen molar-refractivity contribution >= 4 is 22.6 Å². The molecule has 0 aliphatic carbocycles. The number of H-pyrrole nitrogens is 1. The third-order valence-electron chi connectivity index (χ3n) is 4.73. The van der Waals surface area contributed by atoms with Gasteiger partial charge < -0.3 is 19.5 Å². The molecule has 2 aromatic heterocycles. The van der Waals surface area contributed by atoms with E-state index in [-0.39, 0.29) is 5.91 Å². The number of nitrogens with zero attached hydrogens (tertiary/aromatic N) is 4. The van der Waals surface area contributed by atoms with E-state index in [1.807, 2.05) is 42.2 Å². The molecular weight excluding hydrogens is 330 g/mol. The number of aromatic nitrogens is 3. The predicted octanol–water partition coefficient (Wildman–Crippen LogP) is 2.24. The van der Waals surface area contributed by atoms with Gasteiger partial charge in [0, 0.05) is 43.3 Å². The molecule has 1 aliphatic rings. The summed E-state index contributed by atoms with van der Waals surface area (Å²) in [5.41, 5.74) is 1.42. The number of aryl methyl sites for hydroxylation is 1. The largest absolute Gasteiger partial charge is 0.494 e. The highest BCUT2D eigenvalue weighted by Gasteiger charge is 2.27. The smallest absolute Gasteiger partial charge is 0.274 e. The Balaban J connectivity index is 1.52. The number of ether oxygens (including phenoxy) is 1. The highest BCUT2D eigenvalue weighted by atomic mass is 16.5. The molecule has 1 aliphatic heterocycles. The summed E-state index contributed by atoms with van der Waals surface area (Å²) in [6, 6.07) is 9.69. The Kier molecular flexibility index (Phi) is 4.20. The summed E-state index contributed by atoms with van der Waals surface area (Å²) in [7, 11) is 1.60. The summed E-state index contributed by atoms with van der Waals surface area (Å²) in [6.45, 7) is 4.64. The van der Waals surface area contributed by atoms with Crippen molar-refractivity contribution in [2.75, 3.05) is 38.2 Å².